The monoisotopic (exact) mass is 832 g/mol. The van der Waals surface area contributed by atoms with Crippen molar-refractivity contribution in [1.82, 2.24) is 15.0 Å². The standard InChI is InChI=1S/3C16H10N3.C2H3N.Co/c3*17-11-12-5-7-13(8-6-12)16(14-3-1-9-18-14)15-4-2-10-19-15;1-2-3;/h3*1-10H;1H3;/q3*-1;;+3/b3*16-14-;;. The predicted molar refractivity (Wildman–Crippen MR) is 235 cm³/mol. The Bertz CT molecular complexity index is 2500. The van der Waals surface area contributed by atoms with E-state index in [0.717, 1.165) is 67.6 Å². The van der Waals surface area contributed by atoms with Gasteiger partial charge in [-0.3, -0.25) is 15.0 Å². The summed E-state index contributed by atoms with van der Waals surface area (Å²) in [5, 5.41) is 33.9. The van der Waals surface area contributed by atoms with E-state index in [-0.39, 0.29) is 16.8 Å². The zero-order chi connectivity index (χ0) is 41.9. The summed E-state index contributed by atoms with van der Waals surface area (Å²) in [5.74, 6) is 0. The van der Waals surface area contributed by atoms with E-state index in [1.54, 1.807) is 79.7 Å². The Labute approximate surface area is 364 Å². The van der Waals surface area contributed by atoms with Crippen LogP contribution in [0, 0.1) is 45.3 Å². The minimum atomic E-state index is 0. The summed E-state index contributed by atoms with van der Waals surface area (Å²) in [6, 6.07) is 42.1. The molecule has 6 aromatic rings. The van der Waals surface area contributed by atoms with E-state index in [9.17, 15) is 0 Å². The molecule has 0 unspecified atom stereocenters. The van der Waals surface area contributed by atoms with Crippen LogP contribution in [0.5, 0.6) is 0 Å². The molecule has 0 amide bonds. The van der Waals surface area contributed by atoms with Crippen molar-refractivity contribution in [2.24, 2.45) is 15.0 Å². The first-order valence-electron chi connectivity index (χ1n) is 18.5. The first-order valence-corrected chi connectivity index (χ1v) is 18.5. The van der Waals surface area contributed by atoms with Crippen molar-refractivity contribution in [1.29, 1.82) is 21.0 Å². The largest absolute Gasteiger partial charge is 3.00 e. The normalized spacial score (nSPS) is 14.6. The van der Waals surface area contributed by atoms with Crippen LogP contribution in [0.1, 0.15) is 57.4 Å². The second kappa shape index (κ2) is 22.4. The molecule has 0 fully saturated rings. The third kappa shape index (κ3) is 11.3. The predicted octanol–water partition coefficient (Wildman–Crippen LogP) is 9.27. The average molecular weight is 833 g/mol. The van der Waals surface area contributed by atoms with Gasteiger partial charge in [-0.1, -0.05) is 72.8 Å². The second-order valence-corrected chi connectivity index (χ2v) is 12.6. The number of nitriles is 4. The van der Waals surface area contributed by atoms with Crippen LogP contribution in [0.3, 0.4) is 0 Å². The molecule has 3 aromatic heterocycles. The van der Waals surface area contributed by atoms with Crippen LogP contribution in [0.2, 0.25) is 0 Å². The fourth-order valence-corrected chi connectivity index (χ4v) is 6.11. The zero-order valence-electron chi connectivity index (χ0n) is 32.6. The third-order valence-corrected chi connectivity index (χ3v) is 8.77. The number of hydrogen-bond acceptors (Lipinski definition) is 7. The van der Waals surface area contributed by atoms with Gasteiger partial charge in [-0.15, -0.1) is 17.1 Å². The summed E-state index contributed by atoms with van der Waals surface area (Å²) in [5.41, 5.74) is 13.3. The summed E-state index contributed by atoms with van der Waals surface area (Å²) in [7, 11) is 0. The number of aliphatic imine (C=N–C) groups is 3. The zero-order valence-corrected chi connectivity index (χ0v) is 33.7. The van der Waals surface area contributed by atoms with Gasteiger partial charge < -0.3 is 15.0 Å². The molecule has 0 saturated carbocycles. The van der Waals surface area contributed by atoms with Gasteiger partial charge in [0.15, 0.2) is 0 Å². The van der Waals surface area contributed by atoms with Gasteiger partial charge in [0.25, 0.3) is 0 Å². The Morgan fingerprint density at radius 1 is 0.426 bits per heavy atom. The molecule has 3 aliphatic heterocycles. The summed E-state index contributed by atoms with van der Waals surface area (Å²) in [6.45, 7) is 1.43. The van der Waals surface area contributed by atoms with Gasteiger partial charge in [-0.25, -0.2) is 0 Å². The number of hydrogen-bond donors (Lipinski definition) is 0. The number of rotatable bonds is 6. The maximum atomic E-state index is 8.85. The smallest absolute Gasteiger partial charge is 0.664 e. The van der Waals surface area contributed by atoms with Crippen molar-refractivity contribution in [2.75, 3.05) is 0 Å². The van der Waals surface area contributed by atoms with Crippen molar-refractivity contribution < 1.29 is 16.8 Å². The molecule has 3 aliphatic rings. The molecule has 6 heterocycles. The van der Waals surface area contributed by atoms with Crippen LogP contribution in [0.15, 0.2) is 196 Å². The van der Waals surface area contributed by atoms with Gasteiger partial charge in [0.05, 0.1) is 58.1 Å². The quantitative estimate of drug-likeness (QED) is 0.161. The molecule has 0 aliphatic carbocycles. The molecule has 9 rings (SSSR count). The minimum Gasteiger partial charge on any atom is -0.664 e. The molecular weight excluding hydrogens is 800 g/mol. The molecule has 0 spiro atoms. The first-order chi connectivity index (χ1) is 29.6. The number of benzene rings is 3. The van der Waals surface area contributed by atoms with E-state index in [1.165, 1.54) is 6.92 Å². The maximum Gasteiger partial charge on any atom is 3.00 e. The van der Waals surface area contributed by atoms with Crippen molar-refractivity contribution in [3.63, 3.8) is 0 Å². The molecule has 0 atom stereocenters. The van der Waals surface area contributed by atoms with Crippen LogP contribution in [-0.2, 0) is 16.8 Å². The van der Waals surface area contributed by atoms with E-state index in [0.29, 0.717) is 16.7 Å². The van der Waals surface area contributed by atoms with Gasteiger partial charge in [0, 0.05) is 25.6 Å². The summed E-state index contributed by atoms with van der Waals surface area (Å²) in [4.78, 5) is 26.1. The summed E-state index contributed by atoms with van der Waals surface area (Å²) >= 11 is 0. The molecule has 0 N–H and O–H groups in total. The third-order valence-electron chi connectivity index (χ3n) is 8.77. The van der Waals surface area contributed by atoms with E-state index in [1.807, 2.05) is 109 Å². The van der Waals surface area contributed by atoms with E-state index < -0.39 is 0 Å². The SMILES string of the molecule is CC#N.N#Cc1ccc(/C(=C2\C=CC=N2)c2ccc[n-]2)cc1.N#Cc1ccc(/C(=C2\C=CC=N2)c2ccc[n-]2)cc1.N#Cc1ccc(/C(=C2\C=CC=N2)c2ccc[n-]2)cc1.[Co+3]. The second-order valence-electron chi connectivity index (χ2n) is 12.6. The Hall–Kier alpha value is -8.58. The average Bonchev–Trinajstić information content (AvgIpc) is 4.15. The Kier molecular flexibility index (Phi) is 16.0. The molecular formula is C50H33CoN10. The molecule has 10 nitrogen and oxygen atoms in total. The Morgan fingerprint density at radius 2 is 0.689 bits per heavy atom. The van der Waals surface area contributed by atoms with Crippen molar-refractivity contribution in [3.8, 4) is 24.3 Å². The molecule has 0 saturated heterocycles. The summed E-state index contributed by atoms with van der Waals surface area (Å²) in [6.07, 6.45) is 22.2. The van der Waals surface area contributed by atoms with Crippen molar-refractivity contribution >= 4 is 35.4 Å². The van der Waals surface area contributed by atoms with Crippen molar-refractivity contribution in [2.45, 2.75) is 6.92 Å². The van der Waals surface area contributed by atoms with E-state index in [4.69, 9.17) is 21.0 Å². The molecule has 0 radical (unpaired) electrons. The number of nitrogens with zero attached hydrogens (tertiary/aromatic N) is 10. The molecule has 292 valence electrons. The van der Waals surface area contributed by atoms with Crippen LogP contribution in [0.4, 0.5) is 0 Å². The fourth-order valence-electron chi connectivity index (χ4n) is 6.11. The van der Waals surface area contributed by atoms with Crippen LogP contribution in [0.25, 0.3) is 16.7 Å². The molecule has 11 heteroatoms. The van der Waals surface area contributed by atoms with Gasteiger partial charge in [0.2, 0.25) is 0 Å². The first kappa shape index (κ1) is 43.5. The summed E-state index contributed by atoms with van der Waals surface area (Å²) < 4.78 is 0. The van der Waals surface area contributed by atoms with Crippen LogP contribution in [-0.4, -0.2) is 18.6 Å². The van der Waals surface area contributed by atoms with E-state index in [2.05, 4.69) is 48.1 Å². The molecule has 3 aromatic carbocycles. The number of allylic oxidation sites excluding steroid dienone is 6. The fraction of sp³-hybridized carbons (Fsp3) is 0.0200. The van der Waals surface area contributed by atoms with Gasteiger partial charge >= 0.3 is 16.8 Å². The molecule has 61 heavy (non-hydrogen) atoms. The minimum absolute atomic E-state index is 0. The Balaban J connectivity index is 0.000000166. The van der Waals surface area contributed by atoms with Gasteiger partial charge in [-0.05, 0) is 106 Å². The Morgan fingerprint density at radius 3 is 0.869 bits per heavy atom. The van der Waals surface area contributed by atoms with Crippen LogP contribution < -0.4 is 15.0 Å². The topological polar surface area (TPSA) is 175 Å². The molecule has 0 bridgehead atoms. The van der Waals surface area contributed by atoms with Crippen LogP contribution >= 0.6 is 0 Å². The maximum absolute atomic E-state index is 8.85. The van der Waals surface area contributed by atoms with Gasteiger partial charge in [-0.2, -0.15) is 39.6 Å². The number of aromatic nitrogens is 3. The van der Waals surface area contributed by atoms with E-state index >= 15 is 0 Å². The van der Waals surface area contributed by atoms with Gasteiger partial charge in [0.1, 0.15) is 0 Å². The van der Waals surface area contributed by atoms with Crippen molar-refractivity contribution in [3.05, 3.63) is 232 Å².